The van der Waals surface area contributed by atoms with Crippen molar-refractivity contribution in [2.45, 2.75) is 190 Å². The molecule has 0 spiro atoms. The summed E-state index contributed by atoms with van der Waals surface area (Å²) >= 11 is 0. The number of rotatable bonds is 16. The molecule has 7 saturated carbocycles. The first-order chi connectivity index (χ1) is 45.9. The Labute approximate surface area is 562 Å². The highest BCUT2D eigenvalue weighted by Crippen LogP contribution is 2.52. The Morgan fingerprint density at radius 1 is 0.436 bits per heavy atom. The van der Waals surface area contributed by atoms with E-state index in [0.717, 1.165) is 112 Å². The van der Waals surface area contributed by atoms with E-state index in [0.29, 0.717) is 23.8 Å². The molecule has 6 aromatic carbocycles. The maximum absolute atomic E-state index is 12.3. The normalized spacial score (nSPS) is 27.1. The minimum absolute atomic E-state index is 0.0433. The third-order valence-electron chi connectivity index (χ3n) is 25.1. The van der Waals surface area contributed by atoms with Crippen molar-refractivity contribution in [2.24, 2.45) is 35.5 Å². The SMILES string of the molecule is COc1ccc(-c2ccc(C(=O)NC3CC3)cc2)cc1C1CCN([C@H]2C[C@H]3CCC2C3)CC1.COc1ccc(-c2ccc(C(C)(C)C#N)cc2)cc1C1CCN(C2CC3CCC2C3)CC1.COc1cccc(-c2ccccc2C2CCN([C@H]3C[C@H]4CCC3C4)CC2)c1OC. The van der Waals surface area contributed by atoms with Gasteiger partial charge >= 0.3 is 0 Å². The summed E-state index contributed by atoms with van der Waals surface area (Å²) in [4.78, 5) is 20.8. The van der Waals surface area contributed by atoms with Crippen LogP contribution in [0.25, 0.3) is 33.4 Å². The van der Waals surface area contributed by atoms with E-state index in [-0.39, 0.29) is 5.91 Å². The number of nitriles is 1. The van der Waals surface area contributed by atoms with Crippen molar-refractivity contribution in [3.05, 3.63) is 155 Å². The van der Waals surface area contributed by atoms with Crippen molar-refractivity contribution >= 4 is 5.91 Å². The zero-order valence-electron chi connectivity index (χ0n) is 57.3. The Kier molecular flexibility index (Phi) is 19.7. The second-order valence-corrected chi connectivity index (χ2v) is 30.8. The average molecular weight is 1260 g/mol. The predicted octanol–water partition coefficient (Wildman–Crippen LogP) is 17.9. The van der Waals surface area contributed by atoms with Crippen molar-refractivity contribution in [3.63, 3.8) is 0 Å². The van der Waals surface area contributed by atoms with Crippen LogP contribution >= 0.6 is 0 Å². The molecule has 6 bridgehead atoms. The first kappa shape index (κ1) is 64.7. The second-order valence-electron chi connectivity index (χ2n) is 30.8. The standard InChI is InChI=1S/C29H36N2O2.C29H36N2O.C26H33NO2/c1-33-28-11-8-23(20-4-6-22(7-5-20)29(32)30-25-9-10-25)18-26(28)21-12-14-31(15-13-21)27-17-19-2-3-24(27)16-19;1-29(2,19-30)25-9-6-21(7-10-25)23-8-11-28(32-3)26(18-23)22-12-14-31(15-13-22)27-17-20-4-5-24(27)16-20;1-28-25-9-5-8-23(26(25)29-2)22-7-4-3-6-21(22)19-12-14-27(15-13-19)24-17-18-10-11-20(24)16-18/h4-8,11,18-19,21,24-25,27H,2-3,9-10,12-17H2,1H3,(H,30,32);6-11,18,20,22,24,27H,4-5,12-17H2,1-3H3;3-9,18-20,24H,10-17H2,1-2H3/t19-,24?,27-;;18-,20?,24-/m0.0/s1. The van der Waals surface area contributed by atoms with Gasteiger partial charge in [0.15, 0.2) is 11.5 Å². The number of hydrogen-bond acceptors (Lipinski definition) is 9. The van der Waals surface area contributed by atoms with Gasteiger partial charge in [-0.3, -0.25) is 4.79 Å². The van der Waals surface area contributed by atoms with Crippen LogP contribution in [0.15, 0.2) is 127 Å². The van der Waals surface area contributed by atoms with E-state index in [1.807, 2.05) is 32.0 Å². The second kappa shape index (κ2) is 28.6. The summed E-state index contributed by atoms with van der Waals surface area (Å²) in [6.07, 6.45) is 27.3. The summed E-state index contributed by atoms with van der Waals surface area (Å²) in [6, 6.07) is 50.3. The number of ether oxygens (including phenoxy) is 4. The zero-order valence-corrected chi connectivity index (χ0v) is 57.3. The molecule has 5 unspecified atom stereocenters. The van der Waals surface area contributed by atoms with Crippen LogP contribution in [-0.4, -0.2) is 112 Å². The number of nitrogens with zero attached hydrogens (tertiary/aromatic N) is 4. The molecule has 10 heteroatoms. The van der Waals surface area contributed by atoms with Gasteiger partial charge in [0.1, 0.15) is 11.5 Å². The number of fused-ring (bicyclic) bond motifs is 6. The van der Waals surface area contributed by atoms with Crippen LogP contribution < -0.4 is 24.3 Å². The van der Waals surface area contributed by atoms with Gasteiger partial charge in [0.2, 0.25) is 0 Å². The van der Waals surface area contributed by atoms with Crippen LogP contribution in [0.2, 0.25) is 0 Å². The Hall–Kier alpha value is -6.64. The zero-order chi connectivity index (χ0) is 64.5. The number of carbonyl (C=O) groups excluding carboxylic acids is 1. The van der Waals surface area contributed by atoms with E-state index < -0.39 is 5.41 Å². The molecule has 16 rings (SSSR count). The Morgan fingerprint density at radius 3 is 1.27 bits per heavy atom. The van der Waals surface area contributed by atoms with Crippen LogP contribution in [0, 0.1) is 46.8 Å². The van der Waals surface area contributed by atoms with Gasteiger partial charge in [-0.15, -0.1) is 0 Å². The number of para-hydroxylation sites is 1. The summed E-state index contributed by atoms with van der Waals surface area (Å²) in [7, 11) is 7.02. The lowest BCUT2D eigenvalue weighted by molar-refractivity contribution is 0.0951. The van der Waals surface area contributed by atoms with Crippen LogP contribution in [0.1, 0.15) is 193 Å². The number of carbonyl (C=O) groups is 1. The third-order valence-corrected chi connectivity index (χ3v) is 25.1. The maximum atomic E-state index is 12.3. The van der Waals surface area contributed by atoms with Gasteiger partial charge < -0.3 is 39.0 Å². The predicted molar refractivity (Wildman–Crippen MR) is 379 cm³/mol. The molecule has 3 aliphatic heterocycles. The first-order valence-electron chi connectivity index (χ1n) is 36.8. The molecule has 6 aromatic rings. The number of nitrogens with one attached hydrogen (secondary N) is 1. The molecule has 10 nitrogen and oxygen atoms in total. The lowest BCUT2D eigenvalue weighted by Crippen LogP contribution is -2.43. The van der Waals surface area contributed by atoms with Gasteiger partial charge in [0.25, 0.3) is 5.91 Å². The molecule has 3 heterocycles. The van der Waals surface area contributed by atoms with Gasteiger partial charge in [-0.05, 0) is 308 Å². The minimum Gasteiger partial charge on any atom is -0.496 e. The van der Waals surface area contributed by atoms with E-state index in [2.05, 4.69) is 135 Å². The molecule has 3 saturated heterocycles. The number of methoxy groups -OCH3 is 4. The molecule has 10 aliphatic rings. The highest BCUT2D eigenvalue weighted by atomic mass is 16.5. The average Bonchev–Trinajstić information content (AvgIpc) is 1.37. The molecule has 9 atom stereocenters. The number of piperidine rings is 3. The van der Waals surface area contributed by atoms with Crippen LogP contribution in [-0.2, 0) is 5.41 Å². The van der Waals surface area contributed by atoms with Gasteiger partial charge in [0, 0.05) is 35.3 Å². The fourth-order valence-corrected chi connectivity index (χ4v) is 19.7. The van der Waals surface area contributed by atoms with Gasteiger partial charge in [-0.1, -0.05) is 104 Å². The largest absolute Gasteiger partial charge is 0.496 e. The van der Waals surface area contributed by atoms with Crippen molar-refractivity contribution in [1.29, 1.82) is 5.26 Å². The van der Waals surface area contributed by atoms with Crippen molar-refractivity contribution in [3.8, 4) is 62.4 Å². The van der Waals surface area contributed by atoms with E-state index >= 15 is 0 Å². The van der Waals surface area contributed by atoms with Gasteiger partial charge in [-0.25, -0.2) is 0 Å². The monoisotopic (exact) mass is 1260 g/mol. The lowest BCUT2D eigenvalue weighted by atomic mass is 9.83. The number of amides is 1. The first-order valence-corrected chi connectivity index (χ1v) is 36.8. The Bertz CT molecular complexity index is 3600. The van der Waals surface area contributed by atoms with Crippen molar-refractivity contribution in [1.82, 2.24) is 20.0 Å². The molecular formula is C84H105N5O5. The van der Waals surface area contributed by atoms with E-state index in [1.165, 1.54) is 194 Å². The fraction of sp³-hybridized carbons (Fsp3) is 0.548. The molecule has 1 N–H and O–H groups in total. The highest BCUT2D eigenvalue weighted by molar-refractivity contribution is 5.95. The topological polar surface area (TPSA) is 99.5 Å². The van der Waals surface area contributed by atoms with Crippen LogP contribution in [0.3, 0.4) is 0 Å². The summed E-state index contributed by atoms with van der Waals surface area (Å²) < 4.78 is 22.9. The quantitative estimate of drug-likeness (QED) is 0.102. The van der Waals surface area contributed by atoms with E-state index in [4.69, 9.17) is 18.9 Å². The third kappa shape index (κ3) is 13.9. The molecule has 0 radical (unpaired) electrons. The van der Waals surface area contributed by atoms with Crippen molar-refractivity contribution in [2.75, 3.05) is 67.7 Å². The molecule has 7 aliphatic carbocycles. The number of hydrogen-bond donors (Lipinski definition) is 1. The Morgan fingerprint density at radius 2 is 0.862 bits per heavy atom. The van der Waals surface area contributed by atoms with E-state index in [1.54, 1.807) is 28.4 Å². The summed E-state index contributed by atoms with van der Waals surface area (Å²) in [6.45, 7) is 11.3. The molecule has 0 aromatic heterocycles. The fourth-order valence-electron chi connectivity index (χ4n) is 19.7. The molecule has 496 valence electrons. The van der Waals surface area contributed by atoms with Crippen molar-refractivity contribution < 1.29 is 23.7 Å². The van der Waals surface area contributed by atoms with Gasteiger partial charge in [0.05, 0.1) is 39.9 Å². The van der Waals surface area contributed by atoms with Crippen LogP contribution in [0.5, 0.6) is 23.0 Å². The summed E-state index contributed by atoms with van der Waals surface area (Å²) in [5.74, 6) is 11.5. The molecular weight excluding hydrogens is 1160 g/mol. The van der Waals surface area contributed by atoms with Crippen LogP contribution in [0.4, 0.5) is 0 Å². The lowest BCUT2D eigenvalue weighted by Gasteiger charge is -2.40. The number of likely N-dealkylation sites (tertiary alicyclic amines) is 3. The molecule has 94 heavy (non-hydrogen) atoms. The number of benzene rings is 6. The molecule has 10 fully saturated rings. The summed E-state index contributed by atoms with van der Waals surface area (Å²) in [5.41, 5.74) is 12.7. The smallest absolute Gasteiger partial charge is 0.251 e. The Balaban J connectivity index is 0.000000122. The van der Waals surface area contributed by atoms with E-state index in [9.17, 15) is 10.1 Å². The highest BCUT2D eigenvalue weighted by Gasteiger charge is 2.46. The minimum atomic E-state index is -0.462. The maximum Gasteiger partial charge on any atom is 0.251 e. The van der Waals surface area contributed by atoms with Gasteiger partial charge in [-0.2, -0.15) is 5.26 Å². The molecule has 1 amide bonds. The summed E-state index contributed by atoms with van der Waals surface area (Å²) in [5, 5.41) is 12.5.